The molecule has 0 aliphatic carbocycles. The SMILES string of the molecule is O=C(NCc1ccccc1)NCc1cccc(-c2cccc([C@@H]3O[C@H](CN4CCC5(CC4)C(=O)NCN5c4ccccc4)C[C@H](c4ccc(CO)cc4)O3)c2)c1. The lowest BCUT2D eigenvalue weighted by Crippen LogP contribution is -2.57. The number of urea groups is 1. The second-order valence-corrected chi connectivity index (χ2v) is 15.0. The summed E-state index contributed by atoms with van der Waals surface area (Å²) in [5.41, 5.74) is 7.43. The molecule has 0 radical (unpaired) electrons. The van der Waals surface area contributed by atoms with E-state index in [0.29, 0.717) is 26.2 Å². The first-order chi connectivity index (χ1) is 27.5. The number of piperidine rings is 1. The van der Waals surface area contributed by atoms with Gasteiger partial charge in [-0.3, -0.25) is 4.79 Å². The van der Waals surface area contributed by atoms with E-state index in [1.807, 2.05) is 97.1 Å². The van der Waals surface area contributed by atoms with Crippen molar-refractivity contribution < 1.29 is 24.2 Å². The molecule has 3 amide bonds. The molecule has 3 aliphatic rings. The molecule has 0 bridgehead atoms. The molecule has 3 fully saturated rings. The molecule has 3 atom stereocenters. The van der Waals surface area contributed by atoms with Gasteiger partial charge < -0.3 is 40.3 Å². The van der Waals surface area contributed by atoms with Crippen LogP contribution in [0.15, 0.2) is 133 Å². The van der Waals surface area contributed by atoms with Crippen molar-refractivity contribution in [3.05, 3.63) is 161 Å². The summed E-state index contributed by atoms with van der Waals surface area (Å²) >= 11 is 0. The molecule has 3 saturated heterocycles. The van der Waals surface area contributed by atoms with Crippen LogP contribution in [0.25, 0.3) is 11.1 Å². The van der Waals surface area contributed by atoms with E-state index >= 15 is 0 Å². The lowest BCUT2D eigenvalue weighted by atomic mass is 9.85. The molecule has 5 aromatic carbocycles. The number of carbonyl (C=O) groups is 2. The standard InChI is InChI=1S/C46H49N5O5/c52-31-34-17-19-36(20-18-34)42-27-41(30-50-23-21-46(22-24-50)44(53)49-32-51(46)40-15-5-2-6-16-40)55-43(56-42)39-14-8-13-38(26-39)37-12-7-11-35(25-37)29-48-45(54)47-28-33-9-3-1-4-10-33/h1-20,25-26,41-43,52H,21-24,27-32H2,(H,49,53)(H2,47,48,54)/t41-,42+,43+/m0/s1. The Morgan fingerprint density at radius 2 is 1.39 bits per heavy atom. The lowest BCUT2D eigenvalue weighted by Gasteiger charge is -2.45. The zero-order valence-electron chi connectivity index (χ0n) is 31.5. The number of amides is 3. The van der Waals surface area contributed by atoms with Crippen molar-refractivity contribution in [3.8, 4) is 11.1 Å². The fourth-order valence-electron chi connectivity index (χ4n) is 8.21. The van der Waals surface area contributed by atoms with Crippen LogP contribution in [0.1, 0.15) is 59.5 Å². The molecule has 0 saturated carbocycles. The molecule has 8 rings (SSSR count). The Bertz CT molecular complexity index is 2090. The molecule has 56 heavy (non-hydrogen) atoms. The number of anilines is 1. The maximum atomic E-state index is 13.3. The van der Waals surface area contributed by atoms with E-state index in [1.165, 1.54) is 0 Å². The summed E-state index contributed by atoms with van der Waals surface area (Å²) < 4.78 is 13.5. The molecule has 10 heteroatoms. The molecule has 5 aromatic rings. The largest absolute Gasteiger partial charge is 0.392 e. The Morgan fingerprint density at radius 1 is 0.732 bits per heavy atom. The summed E-state index contributed by atoms with van der Waals surface area (Å²) in [6.45, 7) is 3.67. The van der Waals surface area contributed by atoms with Crippen LogP contribution in [0.2, 0.25) is 0 Å². The van der Waals surface area contributed by atoms with Gasteiger partial charge in [-0.25, -0.2) is 4.79 Å². The van der Waals surface area contributed by atoms with E-state index in [1.54, 1.807) is 0 Å². The second kappa shape index (κ2) is 17.1. The molecule has 4 N–H and O–H groups in total. The number of nitrogens with one attached hydrogen (secondary N) is 3. The number of likely N-dealkylation sites (tertiary alicyclic amines) is 1. The Morgan fingerprint density at radius 3 is 2.12 bits per heavy atom. The second-order valence-electron chi connectivity index (χ2n) is 15.0. The van der Waals surface area contributed by atoms with Crippen molar-refractivity contribution in [2.75, 3.05) is 31.2 Å². The Labute approximate surface area is 328 Å². The molecular weight excluding hydrogens is 703 g/mol. The number of ether oxygens (including phenoxy) is 2. The molecule has 1 spiro atoms. The number of para-hydroxylation sites is 1. The van der Waals surface area contributed by atoms with E-state index in [-0.39, 0.29) is 30.8 Å². The monoisotopic (exact) mass is 751 g/mol. The van der Waals surface area contributed by atoms with Gasteiger partial charge in [0.2, 0.25) is 5.91 Å². The predicted octanol–water partition coefficient (Wildman–Crippen LogP) is 6.82. The van der Waals surface area contributed by atoms with Crippen molar-refractivity contribution in [2.24, 2.45) is 0 Å². The number of hydrogen-bond acceptors (Lipinski definition) is 7. The molecular formula is C46H49N5O5. The van der Waals surface area contributed by atoms with Crippen molar-refractivity contribution in [1.29, 1.82) is 0 Å². The third-order valence-corrected chi connectivity index (χ3v) is 11.3. The number of rotatable bonds is 11. The fourth-order valence-corrected chi connectivity index (χ4v) is 8.21. The average Bonchev–Trinajstić information content (AvgIpc) is 3.57. The minimum absolute atomic E-state index is 0.0121. The first-order valence-corrected chi connectivity index (χ1v) is 19.5. The van der Waals surface area contributed by atoms with Gasteiger partial charge in [-0.2, -0.15) is 0 Å². The minimum Gasteiger partial charge on any atom is -0.392 e. The first kappa shape index (κ1) is 37.4. The van der Waals surface area contributed by atoms with Crippen molar-refractivity contribution in [3.63, 3.8) is 0 Å². The van der Waals surface area contributed by atoms with Crippen LogP contribution in [0.3, 0.4) is 0 Å². The summed E-state index contributed by atoms with van der Waals surface area (Å²) in [4.78, 5) is 30.5. The normalized spacial score (nSPS) is 20.8. The van der Waals surface area contributed by atoms with Gasteiger partial charge in [0.15, 0.2) is 6.29 Å². The van der Waals surface area contributed by atoms with Gasteiger partial charge in [-0.05, 0) is 70.5 Å². The summed E-state index contributed by atoms with van der Waals surface area (Å²) in [6.07, 6.45) is 1.24. The zero-order chi connectivity index (χ0) is 38.3. The molecule has 3 heterocycles. The maximum absolute atomic E-state index is 13.3. The first-order valence-electron chi connectivity index (χ1n) is 19.5. The highest BCUT2D eigenvalue weighted by Crippen LogP contribution is 2.41. The number of hydrogen-bond donors (Lipinski definition) is 4. The van der Waals surface area contributed by atoms with E-state index in [9.17, 15) is 14.7 Å². The third kappa shape index (κ3) is 8.49. The van der Waals surface area contributed by atoms with E-state index in [0.717, 1.165) is 77.1 Å². The van der Waals surface area contributed by atoms with Gasteiger partial charge in [-0.15, -0.1) is 0 Å². The fraction of sp³-hybridized carbons (Fsp3) is 0.304. The van der Waals surface area contributed by atoms with Gasteiger partial charge in [0.1, 0.15) is 5.54 Å². The molecule has 288 valence electrons. The molecule has 10 nitrogen and oxygen atoms in total. The highest BCUT2D eigenvalue weighted by Gasteiger charge is 2.50. The van der Waals surface area contributed by atoms with Gasteiger partial charge in [-0.1, -0.05) is 109 Å². The Balaban J connectivity index is 0.954. The van der Waals surface area contributed by atoms with Crippen molar-refractivity contribution >= 4 is 17.6 Å². The average molecular weight is 752 g/mol. The molecule has 0 aromatic heterocycles. The Hall–Kier alpha value is -5.52. The van der Waals surface area contributed by atoms with E-state index < -0.39 is 11.8 Å². The topological polar surface area (TPSA) is 115 Å². The summed E-state index contributed by atoms with van der Waals surface area (Å²) in [7, 11) is 0. The van der Waals surface area contributed by atoms with Gasteiger partial charge in [0.25, 0.3) is 0 Å². The van der Waals surface area contributed by atoms with Crippen LogP contribution in [-0.2, 0) is 34.0 Å². The van der Waals surface area contributed by atoms with Crippen LogP contribution >= 0.6 is 0 Å². The number of aliphatic hydroxyl groups is 1. The van der Waals surface area contributed by atoms with Gasteiger partial charge in [0, 0.05) is 50.4 Å². The highest BCUT2D eigenvalue weighted by molar-refractivity contribution is 5.93. The van der Waals surface area contributed by atoms with Crippen LogP contribution in [0, 0.1) is 0 Å². The number of nitrogens with zero attached hydrogens (tertiary/aromatic N) is 2. The third-order valence-electron chi connectivity index (χ3n) is 11.3. The lowest BCUT2D eigenvalue weighted by molar-refractivity contribution is -0.253. The number of carbonyl (C=O) groups excluding carboxylic acids is 2. The van der Waals surface area contributed by atoms with Gasteiger partial charge in [0.05, 0.1) is 25.5 Å². The number of aliphatic hydroxyl groups excluding tert-OH is 1. The van der Waals surface area contributed by atoms with Gasteiger partial charge >= 0.3 is 6.03 Å². The van der Waals surface area contributed by atoms with Crippen LogP contribution in [0.5, 0.6) is 0 Å². The summed E-state index contributed by atoms with van der Waals surface area (Å²) in [6, 6.07) is 44.3. The summed E-state index contributed by atoms with van der Waals surface area (Å²) in [5, 5.41) is 18.7. The number of benzene rings is 5. The maximum Gasteiger partial charge on any atom is 0.315 e. The highest BCUT2D eigenvalue weighted by atomic mass is 16.7. The van der Waals surface area contributed by atoms with E-state index in [2.05, 4.69) is 62.1 Å². The minimum atomic E-state index is -0.598. The van der Waals surface area contributed by atoms with Crippen LogP contribution in [0.4, 0.5) is 10.5 Å². The smallest absolute Gasteiger partial charge is 0.315 e. The quantitative estimate of drug-likeness (QED) is 0.117. The van der Waals surface area contributed by atoms with Crippen molar-refractivity contribution in [2.45, 2.75) is 63.0 Å². The van der Waals surface area contributed by atoms with Crippen LogP contribution < -0.4 is 20.9 Å². The Kier molecular flexibility index (Phi) is 11.4. The zero-order valence-corrected chi connectivity index (χ0v) is 31.5. The van der Waals surface area contributed by atoms with Crippen molar-refractivity contribution in [1.82, 2.24) is 20.9 Å². The molecule has 0 unspecified atom stereocenters. The van der Waals surface area contributed by atoms with Crippen LogP contribution in [-0.4, -0.2) is 59.9 Å². The molecule has 3 aliphatic heterocycles. The summed E-state index contributed by atoms with van der Waals surface area (Å²) in [5.74, 6) is 0.112. The van der Waals surface area contributed by atoms with E-state index in [4.69, 9.17) is 9.47 Å². The predicted molar refractivity (Wildman–Crippen MR) is 216 cm³/mol.